The van der Waals surface area contributed by atoms with Crippen molar-refractivity contribution in [3.05, 3.63) is 0 Å². The lowest BCUT2D eigenvalue weighted by Crippen LogP contribution is -2.21. The molecule has 0 unspecified atom stereocenters. The third-order valence-electron chi connectivity index (χ3n) is 0.616. The van der Waals surface area contributed by atoms with E-state index in [-0.39, 0.29) is 0 Å². The van der Waals surface area contributed by atoms with Crippen LogP contribution < -0.4 is 10.8 Å². The Morgan fingerprint density at radius 3 is 2.20 bits per heavy atom. The maximum Gasteiger partial charge on any atom is 0.141 e. The Balaban J connectivity index is 2.33. The largest absolute Gasteiger partial charge is 0.258 e. The van der Waals surface area contributed by atoms with Crippen molar-refractivity contribution in [2.75, 3.05) is 13.1 Å². The van der Waals surface area contributed by atoms with E-state index >= 15 is 0 Å². The summed E-state index contributed by atoms with van der Waals surface area (Å²) in [4.78, 5) is 0. The summed E-state index contributed by atoms with van der Waals surface area (Å²) in [6.45, 7) is 1.42. The zero-order chi connectivity index (χ0) is 5.28. The number of hydrogen-bond acceptors (Lipinski definition) is 2. The molecule has 30 valence electrons. The van der Waals surface area contributed by atoms with Crippen LogP contribution in [0.2, 0.25) is 2.82 Å². The Morgan fingerprint density at radius 2 is 2.00 bits per heavy atom. The Hall–Kier alpha value is -0.0800. The maximum absolute atomic E-state index is 6.91. The van der Waals surface area contributed by atoms with Crippen molar-refractivity contribution >= 4 is 0 Å². The van der Waals surface area contributed by atoms with Crippen LogP contribution in [0.3, 0.4) is 0 Å². The molecule has 2 nitrogen and oxygen atoms in total. The van der Waals surface area contributed by atoms with E-state index in [1.807, 2.05) is 0 Å². The summed E-state index contributed by atoms with van der Waals surface area (Å²) in [5, 5.41) is 0. The molecule has 0 atom stereocenters. The maximum atomic E-state index is 6.91. The van der Waals surface area contributed by atoms with Gasteiger partial charge in [-0.05, 0) is 6.42 Å². The number of hydrogen-bond donors (Lipinski definition) is 2. The third kappa shape index (κ3) is 0.597. The summed E-state index contributed by atoms with van der Waals surface area (Å²) < 4.78 is 13.8. The molecule has 0 aliphatic carbocycles. The van der Waals surface area contributed by atoms with Gasteiger partial charge in [0.05, 0.1) is 0 Å². The van der Waals surface area contributed by atoms with E-state index in [1.165, 1.54) is 0 Å². The highest BCUT2D eigenvalue weighted by atomic mass is 15.4. The standard InChI is InChI=1S/C3H8N2/c1-2-4-5-3-1/h4-5H,1-3H2/i/hD2. The summed E-state index contributed by atoms with van der Waals surface area (Å²) in [6, 6.07) is 0. The van der Waals surface area contributed by atoms with Gasteiger partial charge in [-0.3, -0.25) is 10.8 Å². The second-order valence-corrected chi connectivity index (χ2v) is 1.08. The van der Waals surface area contributed by atoms with Gasteiger partial charge in [-0.15, -0.1) is 0 Å². The van der Waals surface area contributed by atoms with Gasteiger partial charge in [0.1, 0.15) is 2.82 Å². The Bertz CT molecular complexity index is 60.0. The van der Waals surface area contributed by atoms with E-state index in [4.69, 9.17) is 2.82 Å². The van der Waals surface area contributed by atoms with Gasteiger partial charge in [0.2, 0.25) is 0 Å². The summed E-state index contributed by atoms with van der Waals surface area (Å²) in [5.74, 6) is 0. The van der Waals surface area contributed by atoms with Crippen LogP contribution in [0.25, 0.3) is 0 Å². The number of nitrogens with one attached hydrogen (secondary N) is 2. The van der Waals surface area contributed by atoms with Crippen LogP contribution >= 0.6 is 0 Å². The fourth-order valence-electron chi connectivity index (χ4n) is 0.354. The van der Waals surface area contributed by atoms with Crippen LogP contribution in [-0.4, -0.2) is 13.1 Å². The molecule has 1 saturated heterocycles. The lowest BCUT2D eigenvalue weighted by atomic mass is 10.5. The molecule has 0 saturated carbocycles. The molecule has 1 fully saturated rings. The van der Waals surface area contributed by atoms with Crippen LogP contribution in [0, 0.1) is 0 Å². The molecule has 0 aromatic heterocycles. The normalized spacial score (nSPS) is 37.6. The Labute approximate surface area is 34.5 Å². The van der Waals surface area contributed by atoms with Gasteiger partial charge in [0.15, 0.2) is 0 Å². The van der Waals surface area contributed by atoms with Crippen LogP contribution in [-0.2, 0) is 0 Å². The van der Waals surface area contributed by atoms with E-state index in [0.29, 0.717) is 13.1 Å². The predicted octanol–water partition coefficient (Wildman–Crippen LogP) is -0.516. The van der Waals surface area contributed by atoms with Crippen molar-refractivity contribution in [3.63, 3.8) is 0 Å². The lowest BCUT2D eigenvalue weighted by Gasteiger charge is -1.81. The van der Waals surface area contributed by atoms with Gasteiger partial charge in [-0.25, -0.2) is 0 Å². The van der Waals surface area contributed by atoms with E-state index in [0.717, 1.165) is 17.3 Å². The summed E-state index contributed by atoms with van der Waals surface area (Å²) in [6.07, 6.45) is 0.951. The highest BCUT2D eigenvalue weighted by Crippen LogP contribution is 1.74. The Kier molecular flexibility index (Phi) is 0.436. The Morgan fingerprint density at radius 1 is 1.40 bits per heavy atom. The molecular formula is C3H8N2. The van der Waals surface area contributed by atoms with Gasteiger partial charge in [-0.2, -0.15) is 0 Å². The molecule has 0 radical (unpaired) electrons. The molecule has 1 aliphatic rings. The minimum atomic E-state index is 0.712. The molecular weight excluding hydrogens is 64.0 g/mol. The van der Waals surface area contributed by atoms with E-state index < -0.39 is 0 Å². The SMILES string of the molecule is [2H]N1CCCN1[2H]. The first-order chi connectivity index (χ1) is 3.30. The van der Waals surface area contributed by atoms with Crippen LogP contribution in [0.15, 0.2) is 0 Å². The summed E-state index contributed by atoms with van der Waals surface area (Å²) >= 11 is 0. The minimum absolute atomic E-state index is 0.712. The van der Waals surface area contributed by atoms with Crippen LogP contribution in [0.4, 0.5) is 0 Å². The first kappa shape index (κ1) is 1.58. The van der Waals surface area contributed by atoms with E-state index in [1.54, 1.807) is 0 Å². The monoisotopic (exact) mass is 74.1 g/mol. The van der Waals surface area contributed by atoms with E-state index in [2.05, 4.69) is 0 Å². The molecule has 1 rings (SSSR count). The van der Waals surface area contributed by atoms with Gasteiger partial charge >= 0.3 is 0 Å². The first-order valence-electron chi connectivity index (χ1n) is 2.73. The lowest BCUT2D eigenvalue weighted by molar-refractivity contribution is 0.689. The molecule has 5 heavy (non-hydrogen) atoms. The topological polar surface area (TPSA) is 24.1 Å². The number of hydrazine groups is 1. The van der Waals surface area contributed by atoms with E-state index in [9.17, 15) is 0 Å². The fourth-order valence-corrected chi connectivity index (χ4v) is 0.354. The van der Waals surface area contributed by atoms with Crippen molar-refractivity contribution in [1.82, 2.24) is 10.8 Å². The molecule has 1 heterocycles. The third-order valence-corrected chi connectivity index (χ3v) is 0.616. The second-order valence-electron chi connectivity index (χ2n) is 1.08. The van der Waals surface area contributed by atoms with Crippen molar-refractivity contribution < 1.29 is 2.82 Å². The van der Waals surface area contributed by atoms with Crippen molar-refractivity contribution in [2.45, 2.75) is 6.42 Å². The summed E-state index contributed by atoms with van der Waals surface area (Å²) in [7, 11) is 0. The quantitative estimate of drug-likeness (QED) is 0.404. The fraction of sp³-hybridized carbons (Fsp3) is 1.00. The molecule has 1 aliphatic heterocycles. The smallest absolute Gasteiger partial charge is 0.141 e. The second kappa shape index (κ2) is 1.38. The van der Waals surface area contributed by atoms with Crippen molar-refractivity contribution in [1.29, 1.82) is 0 Å². The average Bonchev–Trinajstić information content (AvgIpc) is 1.91. The highest BCUT2D eigenvalue weighted by molar-refractivity contribution is 4.51. The first-order valence-corrected chi connectivity index (χ1v) is 1.83. The van der Waals surface area contributed by atoms with Gasteiger partial charge in [0, 0.05) is 13.1 Å². The molecule has 0 aromatic carbocycles. The molecule has 0 aromatic rings. The van der Waals surface area contributed by atoms with Gasteiger partial charge in [0.25, 0.3) is 0 Å². The van der Waals surface area contributed by atoms with Crippen molar-refractivity contribution in [2.24, 2.45) is 0 Å². The molecule has 0 bridgehead atoms. The van der Waals surface area contributed by atoms with Crippen molar-refractivity contribution in [3.8, 4) is 0 Å². The van der Waals surface area contributed by atoms with Crippen LogP contribution in [0.5, 0.6) is 0 Å². The highest BCUT2D eigenvalue weighted by Gasteiger charge is 1.91. The molecule has 2 N–H and O–H groups in total. The predicted molar refractivity (Wildman–Crippen MR) is 20.6 cm³/mol. The molecule has 0 spiro atoms. The van der Waals surface area contributed by atoms with Gasteiger partial charge in [-0.1, -0.05) is 0 Å². The molecule has 0 amide bonds. The molecule has 2 heteroatoms. The number of rotatable bonds is 0. The average molecular weight is 74.1 g/mol. The van der Waals surface area contributed by atoms with Crippen LogP contribution in [0.1, 0.15) is 6.42 Å². The zero-order valence-corrected chi connectivity index (χ0v) is 3.02. The minimum Gasteiger partial charge on any atom is -0.258 e. The zero-order valence-electron chi connectivity index (χ0n) is 5.02. The van der Waals surface area contributed by atoms with Gasteiger partial charge < -0.3 is 0 Å². The summed E-state index contributed by atoms with van der Waals surface area (Å²) in [5.41, 5.74) is 2.31.